The van der Waals surface area contributed by atoms with Gasteiger partial charge in [-0.2, -0.15) is 0 Å². The Morgan fingerprint density at radius 2 is 1.81 bits per heavy atom. The second kappa shape index (κ2) is 12.4. The molecule has 0 spiro atoms. The number of nitrogens with zero attached hydrogens (tertiary/aromatic N) is 4. The molecule has 1 N–H and O–H groups in total. The number of nitrogens with one attached hydrogen (secondary N) is 1. The summed E-state index contributed by atoms with van der Waals surface area (Å²) in [7, 11) is 0. The molecule has 3 saturated heterocycles. The zero-order chi connectivity index (χ0) is 29.2. The molecule has 0 radical (unpaired) electrons. The van der Waals surface area contributed by atoms with Gasteiger partial charge in [-0.25, -0.2) is 4.39 Å². The molecule has 0 bridgehead atoms. The number of likely N-dealkylation sites (N-methyl/N-ethyl adjacent to an activating group) is 1. The number of carbonyl (C=O) groups excluding carboxylic acids is 3. The Bertz CT molecular complexity index is 1340. The summed E-state index contributed by atoms with van der Waals surface area (Å²) in [4.78, 5) is 45.8. The van der Waals surface area contributed by atoms with Crippen LogP contribution < -0.4 is 15.0 Å². The van der Waals surface area contributed by atoms with Gasteiger partial charge in [0.1, 0.15) is 24.2 Å². The van der Waals surface area contributed by atoms with Gasteiger partial charge in [-0.3, -0.25) is 24.6 Å². The van der Waals surface area contributed by atoms with E-state index in [0.29, 0.717) is 37.4 Å². The molecular weight excluding hydrogens is 537 g/mol. The van der Waals surface area contributed by atoms with Crippen molar-refractivity contribution in [1.82, 2.24) is 20.0 Å². The number of anilines is 1. The Morgan fingerprint density at radius 1 is 0.976 bits per heavy atom. The van der Waals surface area contributed by atoms with Crippen LogP contribution in [0.2, 0.25) is 0 Å². The molecule has 2 atom stereocenters. The van der Waals surface area contributed by atoms with Crippen molar-refractivity contribution in [2.24, 2.45) is 0 Å². The van der Waals surface area contributed by atoms with E-state index in [1.807, 2.05) is 18.2 Å². The molecule has 4 heterocycles. The minimum absolute atomic E-state index is 0.188. The average Bonchev–Trinajstić information content (AvgIpc) is 3.32. The van der Waals surface area contributed by atoms with E-state index in [1.54, 1.807) is 23.1 Å². The molecular formula is C32H40FN5O4. The van der Waals surface area contributed by atoms with E-state index in [2.05, 4.69) is 26.9 Å². The van der Waals surface area contributed by atoms with Crippen molar-refractivity contribution >= 4 is 23.4 Å². The van der Waals surface area contributed by atoms with Crippen molar-refractivity contribution in [3.8, 4) is 5.75 Å². The van der Waals surface area contributed by atoms with Crippen molar-refractivity contribution < 1.29 is 23.5 Å². The summed E-state index contributed by atoms with van der Waals surface area (Å²) in [6, 6.07) is 10.3. The molecule has 4 aliphatic heterocycles. The number of rotatable bonds is 8. The van der Waals surface area contributed by atoms with Crippen molar-refractivity contribution in [3.63, 3.8) is 0 Å². The number of likely N-dealkylation sites (tertiary alicyclic amines) is 1. The van der Waals surface area contributed by atoms with Crippen LogP contribution in [0, 0.1) is 5.82 Å². The maximum atomic E-state index is 14.4. The third kappa shape index (κ3) is 6.01. The summed E-state index contributed by atoms with van der Waals surface area (Å²) >= 11 is 0. The normalized spacial score (nSPS) is 23.7. The third-order valence-electron chi connectivity index (χ3n) is 9.26. The highest BCUT2D eigenvalue weighted by Gasteiger charge is 2.39. The van der Waals surface area contributed by atoms with E-state index >= 15 is 0 Å². The average molecular weight is 578 g/mol. The van der Waals surface area contributed by atoms with Gasteiger partial charge in [0.25, 0.3) is 5.91 Å². The number of piperidine rings is 2. The van der Waals surface area contributed by atoms with Gasteiger partial charge in [0, 0.05) is 63.0 Å². The van der Waals surface area contributed by atoms with Gasteiger partial charge < -0.3 is 19.4 Å². The van der Waals surface area contributed by atoms with E-state index in [-0.39, 0.29) is 30.1 Å². The molecule has 1 unspecified atom stereocenters. The van der Waals surface area contributed by atoms with Gasteiger partial charge in [-0.1, -0.05) is 13.3 Å². The SMILES string of the molecule is CCN1CCN(c2ccc(F)cc2CN2CCCC[C@@H]2COc2ccc3c(c2)CN(C2CCC(=O)NC2=O)C3=O)CC1. The van der Waals surface area contributed by atoms with E-state index in [0.717, 1.165) is 75.3 Å². The standard InChI is InChI=1S/C32H40FN5O4/c1-2-35-13-15-36(16-14-35)28-9-6-24(33)17-23(28)19-37-12-4-3-5-25(37)21-42-26-7-8-27-22(18-26)20-38(32(27)41)29-10-11-30(39)34-31(29)40/h6-9,17-18,25,29H,2-5,10-16,19-21H2,1H3,(H,34,39,40)/t25-,29?/m1/s1. The first-order valence-corrected chi connectivity index (χ1v) is 15.3. The number of hydrogen-bond donors (Lipinski definition) is 1. The quantitative estimate of drug-likeness (QED) is 0.483. The monoisotopic (exact) mass is 577 g/mol. The van der Waals surface area contributed by atoms with Crippen LogP contribution in [0.25, 0.3) is 0 Å². The lowest BCUT2D eigenvalue weighted by Gasteiger charge is -2.39. The molecule has 42 heavy (non-hydrogen) atoms. The number of benzene rings is 2. The fourth-order valence-corrected chi connectivity index (χ4v) is 6.80. The van der Waals surface area contributed by atoms with Crippen LogP contribution in [0.5, 0.6) is 5.75 Å². The number of fused-ring (bicyclic) bond motifs is 1. The summed E-state index contributed by atoms with van der Waals surface area (Å²) in [5.41, 5.74) is 3.55. The number of piperazine rings is 1. The van der Waals surface area contributed by atoms with Crippen LogP contribution in [0.4, 0.5) is 10.1 Å². The Kier molecular flexibility index (Phi) is 8.44. The number of hydrogen-bond acceptors (Lipinski definition) is 7. The molecule has 3 fully saturated rings. The number of carbonyl (C=O) groups is 3. The second-order valence-corrected chi connectivity index (χ2v) is 11.8. The Labute approximate surface area is 246 Å². The fraction of sp³-hybridized carbons (Fsp3) is 0.531. The fourth-order valence-electron chi connectivity index (χ4n) is 6.80. The van der Waals surface area contributed by atoms with E-state index in [4.69, 9.17) is 4.74 Å². The lowest BCUT2D eigenvalue weighted by molar-refractivity contribution is -0.136. The summed E-state index contributed by atoms with van der Waals surface area (Å²) in [5, 5.41) is 2.35. The Morgan fingerprint density at radius 3 is 2.60 bits per heavy atom. The van der Waals surface area contributed by atoms with Gasteiger partial charge in [-0.05, 0) is 79.9 Å². The number of imide groups is 1. The van der Waals surface area contributed by atoms with Crippen molar-refractivity contribution in [3.05, 3.63) is 58.9 Å². The van der Waals surface area contributed by atoms with Crippen molar-refractivity contribution in [2.45, 2.75) is 64.2 Å². The first kappa shape index (κ1) is 28.6. The lowest BCUT2D eigenvalue weighted by atomic mass is 10.0. The predicted octanol–water partition coefficient (Wildman–Crippen LogP) is 3.16. The van der Waals surface area contributed by atoms with E-state index < -0.39 is 11.9 Å². The van der Waals surface area contributed by atoms with E-state index in [9.17, 15) is 18.8 Å². The highest BCUT2D eigenvalue weighted by Crippen LogP contribution is 2.31. The molecule has 224 valence electrons. The zero-order valence-electron chi connectivity index (χ0n) is 24.3. The lowest BCUT2D eigenvalue weighted by Crippen LogP contribution is -2.52. The Hall–Kier alpha value is -3.50. The molecule has 2 aromatic rings. The van der Waals surface area contributed by atoms with Gasteiger partial charge >= 0.3 is 0 Å². The summed E-state index contributed by atoms with van der Waals surface area (Å²) in [6.45, 7) is 9.61. The Balaban J connectivity index is 1.11. The first-order valence-electron chi connectivity index (χ1n) is 15.3. The molecule has 3 amide bonds. The molecule has 0 aromatic heterocycles. The predicted molar refractivity (Wildman–Crippen MR) is 157 cm³/mol. The molecule has 6 rings (SSSR count). The third-order valence-corrected chi connectivity index (χ3v) is 9.26. The molecule has 4 aliphatic rings. The first-order chi connectivity index (χ1) is 20.4. The second-order valence-electron chi connectivity index (χ2n) is 11.8. The van der Waals surface area contributed by atoms with Crippen LogP contribution in [-0.2, 0) is 22.7 Å². The highest BCUT2D eigenvalue weighted by atomic mass is 19.1. The zero-order valence-corrected chi connectivity index (χ0v) is 24.3. The van der Waals surface area contributed by atoms with Crippen molar-refractivity contribution in [1.29, 1.82) is 0 Å². The molecule has 10 heteroatoms. The van der Waals surface area contributed by atoms with E-state index in [1.165, 1.54) is 0 Å². The van der Waals surface area contributed by atoms with Gasteiger partial charge in [-0.15, -0.1) is 0 Å². The topological polar surface area (TPSA) is 85.4 Å². The van der Waals surface area contributed by atoms with Gasteiger partial charge in [0.15, 0.2) is 0 Å². The molecule has 2 aromatic carbocycles. The number of amides is 3. The van der Waals surface area contributed by atoms with Gasteiger partial charge in [0.2, 0.25) is 11.8 Å². The molecule has 0 saturated carbocycles. The summed E-state index contributed by atoms with van der Waals surface area (Å²) in [6.07, 6.45) is 3.81. The van der Waals surface area contributed by atoms with Crippen LogP contribution in [0.1, 0.15) is 60.5 Å². The largest absolute Gasteiger partial charge is 0.492 e. The number of ether oxygens (including phenoxy) is 1. The minimum atomic E-state index is -0.633. The molecule has 0 aliphatic carbocycles. The van der Waals surface area contributed by atoms with Crippen LogP contribution in [0.15, 0.2) is 36.4 Å². The van der Waals surface area contributed by atoms with Crippen LogP contribution in [0.3, 0.4) is 0 Å². The number of halogens is 1. The maximum Gasteiger partial charge on any atom is 0.255 e. The summed E-state index contributed by atoms with van der Waals surface area (Å²) in [5.74, 6) is -0.407. The maximum absolute atomic E-state index is 14.4. The smallest absolute Gasteiger partial charge is 0.255 e. The van der Waals surface area contributed by atoms with Crippen LogP contribution >= 0.6 is 0 Å². The van der Waals surface area contributed by atoms with Gasteiger partial charge in [0.05, 0.1) is 0 Å². The summed E-state index contributed by atoms with van der Waals surface area (Å²) < 4.78 is 20.7. The van der Waals surface area contributed by atoms with Crippen LogP contribution in [-0.4, -0.2) is 90.4 Å². The minimum Gasteiger partial charge on any atom is -0.492 e. The van der Waals surface area contributed by atoms with Crippen molar-refractivity contribution in [2.75, 3.05) is 50.8 Å². The molecule has 9 nitrogen and oxygen atoms in total. The highest BCUT2D eigenvalue weighted by molar-refractivity contribution is 6.05.